The molecule has 0 amide bonds. The normalized spacial score (nSPS) is 11.2. The molecule has 0 N–H and O–H groups in total. The number of carbonyl (C=O) groups is 1. The molecular weight excluding hydrogens is 446 g/mol. The molecule has 1 aromatic heterocycles. The number of ether oxygens (including phenoxy) is 2. The number of aryl methyl sites for hydroxylation is 2. The Hall–Kier alpha value is -4.05. The van der Waals surface area contributed by atoms with E-state index in [1.807, 2.05) is 49.4 Å². The molecule has 0 saturated heterocycles. The molecule has 5 aromatic rings. The molecule has 0 aliphatic heterocycles. The highest BCUT2D eigenvalue weighted by Gasteiger charge is 2.25. The Morgan fingerprint density at radius 2 is 1.58 bits per heavy atom. The highest BCUT2D eigenvalue weighted by molar-refractivity contribution is 6.09. The Morgan fingerprint density at radius 3 is 2.42 bits per heavy atom. The van der Waals surface area contributed by atoms with Gasteiger partial charge in [-0.1, -0.05) is 72.8 Å². The Kier molecular flexibility index (Phi) is 7.03. The first-order chi connectivity index (χ1) is 17.7. The quantitative estimate of drug-likeness (QED) is 0.161. The number of benzene rings is 4. The lowest BCUT2D eigenvalue weighted by Gasteiger charge is -2.13. The molecular formula is C32H31NO3. The third-order valence-corrected chi connectivity index (χ3v) is 6.62. The lowest BCUT2D eigenvalue weighted by atomic mass is 9.97. The van der Waals surface area contributed by atoms with Crippen LogP contribution in [0.25, 0.3) is 32.8 Å². The van der Waals surface area contributed by atoms with Crippen molar-refractivity contribution in [3.8, 4) is 16.9 Å². The number of nitrogens with zero attached hydrogens (tertiary/aromatic N) is 1. The first-order valence-electron chi connectivity index (χ1n) is 12.6. The summed E-state index contributed by atoms with van der Waals surface area (Å²) in [5.41, 5.74) is 4.83. The standard InChI is InChI=1S/C32H31NO3/c1-3-35-32(34)31-30(27-15-7-4-12-23(27)2)28-16-8-9-17-29(28)33(31)20-10-11-21-36-26-19-18-24-13-5-6-14-25(24)22-26/h4-9,12-19,22H,3,10-11,20-21H2,1-2H3. The highest BCUT2D eigenvalue weighted by Crippen LogP contribution is 2.37. The molecule has 0 bridgehead atoms. The monoisotopic (exact) mass is 477 g/mol. The van der Waals surface area contributed by atoms with Gasteiger partial charge < -0.3 is 14.0 Å². The van der Waals surface area contributed by atoms with Gasteiger partial charge in [-0.25, -0.2) is 4.79 Å². The number of para-hydroxylation sites is 1. The minimum absolute atomic E-state index is 0.278. The molecule has 4 heteroatoms. The van der Waals surface area contributed by atoms with Crippen molar-refractivity contribution in [1.29, 1.82) is 0 Å². The summed E-state index contributed by atoms with van der Waals surface area (Å²) in [7, 11) is 0. The predicted molar refractivity (Wildman–Crippen MR) is 147 cm³/mol. The second-order valence-corrected chi connectivity index (χ2v) is 8.99. The van der Waals surface area contributed by atoms with E-state index in [0.29, 0.717) is 25.5 Å². The van der Waals surface area contributed by atoms with E-state index in [-0.39, 0.29) is 5.97 Å². The second kappa shape index (κ2) is 10.7. The lowest BCUT2D eigenvalue weighted by molar-refractivity contribution is 0.0515. The fraction of sp³-hybridized carbons (Fsp3) is 0.219. The van der Waals surface area contributed by atoms with Gasteiger partial charge in [0.15, 0.2) is 0 Å². The molecule has 0 saturated carbocycles. The zero-order valence-electron chi connectivity index (χ0n) is 20.9. The van der Waals surface area contributed by atoms with Crippen LogP contribution in [-0.4, -0.2) is 23.8 Å². The van der Waals surface area contributed by atoms with E-state index in [1.165, 1.54) is 10.8 Å². The lowest BCUT2D eigenvalue weighted by Crippen LogP contribution is -2.14. The van der Waals surface area contributed by atoms with Gasteiger partial charge in [0.25, 0.3) is 0 Å². The van der Waals surface area contributed by atoms with Gasteiger partial charge in [-0.2, -0.15) is 0 Å². The number of rotatable bonds is 9. The van der Waals surface area contributed by atoms with Crippen LogP contribution in [0.15, 0.2) is 91.0 Å². The van der Waals surface area contributed by atoms with Gasteiger partial charge in [0.1, 0.15) is 11.4 Å². The molecule has 0 atom stereocenters. The van der Waals surface area contributed by atoms with Crippen LogP contribution in [0, 0.1) is 6.92 Å². The van der Waals surface area contributed by atoms with Crippen molar-refractivity contribution in [2.45, 2.75) is 33.2 Å². The van der Waals surface area contributed by atoms with E-state index in [2.05, 4.69) is 60.0 Å². The van der Waals surface area contributed by atoms with E-state index in [0.717, 1.165) is 46.2 Å². The topological polar surface area (TPSA) is 40.5 Å². The Balaban J connectivity index is 1.39. The van der Waals surface area contributed by atoms with E-state index >= 15 is 0 Å². The maximum Gasteiger partial charge on any atom is 0.355 e. The largest absolute Gasteiger partial charge is 0.494 e. The summed E-state index contributed by atoms with van der Waals surface area (Å²) in [6, 6.07) is 30.9. The molecule has 36 heavy (non-hydrogen) atoms. The van der Waals surface area contributed by atoms with Gasteiger partial charge in [0.2, 0.25) is 0 Å². The van der Waals surface area contributed by atoms with Crippen molar-refractivity contribution < 1.29 is 14.3 Å². The average Bonchev–Trinajstić information content (AvgIpc) is 3.23. The molecule has 182 valence electrons. The van der Waals surface area contributed by atoms with Crippen molar-refractivity contribution in [3.05, 3.63) is 102 Å². The first-order valence-corrected chi connectivity index (χ1v) is 12.6. The van der Waals surface area contributed by atoms with Crippen LogP contribution in [0.2, 0.25) is 0 Å². The molecule has 4 aromatic carbocycles. The molecule has 0 aliphatic carbocycles. The van der Waals surface area contributed by atoms with Gasteiger partial charge in [0, 0.05) is 23.0 Å². The summed E-state index contributed by atoms with van der Waals surface area (Å²) in [4.78, 5) is 13.3. The number of unbranched alkanes of at least 4 members (excludes halogenated alkanes) is 1. The van der Waals surface area contributed by atoms with Crippen LogP contribution in [0.5, 0.6) is 5.75 Å². The average molecular weight is 478 g/mol. The minimum atomic E-state index is -0.278. The van der Waals surface area contributed by atoms with Crippen LogP contribution in [0.4, 0.5) is 0 Å². The number of fused-ring (bicyclic) bond motifs is 2. The van der Waals surface area contributed by atoms with Gasteiger partial charge in [0.05, 0.1) is 13.2 Å². The maximum absolute atomic E-state index is 13.3. The van der Waals surface area contributed by atoms with Crippen molar-refractivity contribution in [1.82, 2.24) is 4.57 Å². The number of hydrogen-bond acceptors (Lipinski definition) is 3. The number of carbonyl (C=O) groups excluding carboxylic acids is 1. The number of hydrogen-bond donors (Lipinski definition) is 0. The summed E-state index contributed by atoms with van der Waals surface area (Å²) in [5.74, 6) is 0.605. The highest BCUT2D eigenvalue weighted by atomic mass is 16.5. The molecule has 0 fully saturated rings. The Labute approximate surface area is 212 Å². The van der Waals surface area contributed by atoms with Gasteiger partial charge in [-0.05, 0) is 66.8 Å². The smallest absolute Gasteiger partial charge is 0.355 e. The van der Waals surface area contributed by atoms with Gasteiger partial charge in [-0.15, -0.1) is 0 Å². The molecule has 0 radical (unpaired) electrons. The van der Waals surface area contributed by atoms with Crippen molar-refractivity contribution >= 4 is 27.6 Å². The fourth-order valence-electron chi connectivity index (χ4n) is 4.89. The summed E-state index contributed by atoms with van der Waals surface area (Å²) >= 11 is 0. The van der Waals surface area contributed by atoms with E-state index in [4.69, 9.17) is 9.47 Å². The summed E-state index contributed by atoms with van der Waals surface area (Å²) in [5, 5.41) is 3.46. The van der Waals surface area contributed by atoms with Crippen molar-refractivity contribution in [3.63, 3.8) is 0 Å². The minimum Gasteiger partial charge on any atom is -0.494 e. The Morgan fingerprint density at radius 1 is 0.833 bits per heavy atom. The summed E-state index contributed by atoms with van der Waals surface area (Å²) in [6.07, 6.45) is 1.76. The first kappa shape index (κ1) is 23.7. The van der Waals surface area contributed by atoms with Crippen LogP contribution in [0.1, 0.15) is 35.8 Å². The zero-order valence-corrected chi connectivity index (χ0v) is 20.9. The van der Waals surface area contributed by atoms with Crippen LogP contribution >= 0.6 is 0 Å². The molecule has 0 spiro atoms. The molecule has 4 nitrogen and oxygen atoms in total. The van der Waals surface area contributed by atoms with E-state index in [9.17, 15) is 4.79 Å². The molecule has 1 heterocycles. The third kappa shape index (κ3) is 4.72. The van der Waals surface area contributed by atoms with Crippen molar-refractivity contribution in [2.75, 3.05) is 13.2 Å². The second-order valence-electron chi connectivity index (χ2n) is 8.99. The molecule has 5 rings (SSSR count). The van der Waals surface area contributed by atoms with E-state index < -0.39 is 0 Å². The number of aromatic nitrogens is 1. The summed E-state index contributed by atoms with van der Waals surface area (Å²) in [6.45, 7) is 5.61. The molecule has 0 unspecified atom stereocenters. The molecule has 0 aliphatic rings. The Bertz CT molecular complexity index is 1510. The van der Waals surface area contributed by atoms with Crippen LogP contribution in [0.3, 0.4) is 0 Å². The zero-order chi connectivity index (χ0) is 24.9. The third-order valence-electron chi connectivity index (χ3n) is 6.62. The van der Waals surface area contributed by atoms with Crippen molar-refractivity contribution in [2.24, 2.45) is 0 Å². The van der Waals surface area contributed by atoms with Gasteiger partial charge in [-0.3, -0.25) is 0 Å². The number of esters is 1. The maximum atomic E-state index is 13.3. The summed E-state index contributed by atoms with van der Waals surface area (Å²) < 4.78 is 13.7. The van der Waals surface area contributed by atoms with Gasteiger partial charge >= 0.3 is 5.97 Å². The fourth-order valence-corrected chi connectivity index (χ4v) is 4.89. The van der Waals surface area contributed by atoms with E-state index in [1.54, 1.807) is 0 Å². The SMILES string of the molecule is CCOC(=O)c1c(-c2ccccc2C)c2ccccc2n1CCCCOc1ccc2ccccc2c1. The predicted octanol–water partition coefficient (Wildman–Crippen LogP) is 7.81. The van der Waals surface area contributed by atoms with Crippen LogP contribution in [-0.2, 0) is 11.3 Å². The van der Waals surface area contributed by atoms with Crippen LogP contribution < -0.4 is 4.74 Å².